The summed E-state index contributed by atoms with van der Waals surface area (Å²) in [6.07, 6.45) is 1.35. The van der Waals surface area contributed by atoms with Crippen molar-refractivity contribution in [2.24, 2.45) is 0 Å². The number of nitrogens with one attached hydrogen (secondary N) is 2. The van der Waals surface area contributed by atoms with Crippen LogP contribution in [-0.4, -0.2) is 85.7 Å². The van der Waals surface area contributed by atoms with E-state index in [4.69, 9.17) is 32.7 Å². The number of carbonyl (C=O) groups excluding carboxylic acids is 2. The van der Waals surface area contributed by atoms with E-state index in [1.165, 1.54) is 31.5 Å². The van der Waals surface area contributed by atoms with Gasteiger partial charge in [0.05, 0.1) is 19.9 Å². The van der Waals surface area contributed by atoms with Crippen molar-refractivity contribution in [2.45, 2.75) is 6.92 Å². The molecule has 1 fully saturated rings. The Morgan fingerprint density at radius 1 is 0.975 bits per heavy atom. The molecule has 0 unspecified atom stereocenters. The van der Waals surface area contributed by atoms with Crippen molar-refractivity contribution < 1.29 is 19.1 Å². The molecule has 1 aliphatic heterocycles. The van der Waals surface area contributed by atoms with Gasteiger partial charge in [0, 0.05) is 56.1 Å². The van der Waals surface area contributed by atoms with Gasteiger partial charge < -0.3 is 29.9 Å². The number of amides is 3. The summed E-state index contributed by atoms with van der Waals surface area (Å²) in [6, 6.07) is 9.86. The number of rotatable bonds is 8. The van der Waals surface area contributed by atoms with Crippen LogP contribution in [0, 0.1) is 0 Å². The second kappa shape index (κ2) is 13.0. The number of likely N-dealkylation sites (N-methyl/N-ethyl adjacent to an activating group) is 1. The van der Waals surface area contributed by atoms with E-state index in [9.17, 15) is 9.59 Å². The highest BCUT2D eigenvalue weighted by Crippen LogP contribution is 2.44. The molecular formula is C27H31Cl2N7O4. The predicted octanol–water partition coefficient (Wildman–Crippen LogP) is 4.99. The van der Waals surface area contributed by atoms with Crippen molar-refractivity contribution in [3.8, 4) is 11.5 Å². The number of carbonyl (C=O) groups is 2. The lowest BCUT2D eigenvalue weighted by Gasteiger charge is -2.32. The molecule has 2 aromatic carbocycles. The van der Waals surface area contributed by atoms with Crippen LogP contribution in [0.5, 0.6) is 11.5 Å². The molecular weight excluding hydrogens is 557 g/mol. The van der Waals surface area contributed by atoms with Gasteiger partial charge in [0.25, 0.3) is 5.91 Å². The summed E-state index contributed by atoms with van der Waals surface area (Å²) >= 11 is 12.8. The Morgan fingerprint density at radius 2 is 1.60 bits per heavy atom. The van der Waals surface area contributed by atoms with Gasteiger partial charge in [-0.1, -0.05) is 23.2 Å². The van der Waals surface area contributed by atoms with Gasteiger partial charge in [0.15, 0.2) is 0 Å². The van der Waals surface area contributed by atoms with E-state index in [0.717, 1.165) is 18.8 Å². The van der Waals surface area contributed by atoms with Crippen molar-refractivity contribution in [2.75, 3.05) is 69.5 Å². The zero-order chi connectivity index (χ0) is 28.8. The van der Waals surface area contributed by atoms with E-state index < -0.39 is 6.03 Å². The third kappa shape index (κ3) is 6.49. The first-order valence-corrected chi connectivity index (χ1v) is 13.4. The molecule has 1 aliphatic rings. The average molecular weight is 588 g/mol. The molecule has 3 amide bonds. The number of piperazine rings is 1. The molecule has 3 aromatic rings. The summed E-state index contributed by atoms with van der Waals surface area (Å²) in [5.74, 6) is 1.43. The number of hydrogen-bond acceptors (Lipinski definition) is 8. The van der Waals surface area contributed by atoms with E-state index in [-0.39, 0.29) is 21.6 Å². The maximum atomic E-state index is 13.3. The highest BCUT2D eigenvalue weighted by molar-refractivity contribution is 6.41. The SMILES string of the molecule is CCN(C(=O)Nc1c(Cl)c(OC)cc(OC)c1Cl)c1cc(Nc2ccc(C(=O)N3CCN(C)CC3)cc2)ncn1. The highest BCUT2D eigenvalue weighted by Gasteiger charge is 2.23. The van der Waals surface area contributed by atoms with E-state index in [0.29, 0.717) is 48.3 Å². The average Bonchev–Trinajstić information content (AvgIpc) is 2.96. The number of methoxy groups -OCH3 is 2. The monoisotopic (exact) mass is 587 g/mol. The molecule has 4 rings (SSSR count). The Morgan fingerprint density at radius 3 is 2.17 bits per heavy atom. The minimum Gasteiger partial charge on any atom is -0.495 e. The van der Waals surface area contributed by atoms with E-state index >= 15 is 0 Å². The third-order valence-electron chi connectivity index (χ3n) is 6.49. The molecule has 1 saturated heterocycles. The third-order valence-corrected chi connectivity index (χ3v) is 7.24. The fourth-order valence-corrected chi connectivity index (χ4v) is 4.77. The van der Waals surface area contributed by atoms with Crippen LogP contribution in [0.1, 0.15) is 17.3 Å². The molecule has 13 heteroatoms. The number of ether oxygens (including phenoxy) is 2. The van der Waals surface area contributed by atoms with E-state index in [2.05, 4.69) is 32.5 Å². The predicted molar refractivity (Wildman–Crippen MR) is 157 cm³/mol. The lowest BCUT2D eigenvalue weighted by molar-refractivity contribution is 0.0664. The van der Waals surface area contributed by atoms with Gasteiger partial charge in [-0.2, -0.15) is 0 Å². The van der Waals surface area contributed by atoms with Crippen LogP contribution in [0.2, 0.25) is 10.0 Å². The summed E-state index contributed by atoms with van der Waals surface area (Å²) in [5, 5.41) is 6.20. The zero-order valence-electron chi connectivity index (χ0n) is 22.7. The van der Waals surface area contributed by atoms with Crippen LogP contribution in [0.3, 0.4) is 0 Å². The molecule has 0 saturated carbocycles. The molecule has 2 N–H and O–H groups in total. The fraction of sp³-hybridized carbons (Fsp3) is 0.333. The van der Waals surface area contributed by atoms with Crippen molar-refractivity contribution in [3.05, 3.63) is 58.3 Å². The molecule has 2 heterocycles. The summed E-state index contributed by atoms with van der Waals surface area (Å²) in [4.78, 5) is 40.1. The Balaban J connectivity index is 1.47. The Bertz CT molecular complexity index is 1340. The Labute approximate surface area is 243 Å². The molecule has 0 aliphatic carbocycles. The van der Waals surface area contributed by atoms with Crippen molar-refractivity contribution in [3.63, 3.8) is 0 Å². The van der Waals surface area contributed by atoms with Crippen molar-refractivity contribution >= 4 is 58.2 Å². The van der Waals surface area contributed by atoms with Crippen LogP contribution in [0.25, 0.3) is 0 Å². The van der Waals surface area contributed by atoms with Crippen LogP contribution in [-0.2, 0) is 0 Å². The minimum absolute atomic E-state index is 0.0161. The summed E-state index contributed by atoms with van der Waals surface area (Å²) < 4.78 is 10.6. The first kappa shape index (κ1) is 29.2. The lowest BCUT2D eigenvalue weighted by atomic mass is 10.1. The maximum absolute atomic E-state index is 13.3. The molecule has 0 atom stereocenters. The van der Waals surface area contributed by atoms with Gasteiger partial charge in [-0.3, -0.25) is 9.69 Å². The first-order valence-electron chi connectivity index (χ1n) is 12.6. The number of aromatic nitrogens is 2. The molecule has 1 aromatic heterocycles. The fourth-order valence-electron chi connectivity index (χ4n) is 4.18. The Kier molecular flexibility index (Phi) is 9.51. The zero-order valence-corrected chi connectivity index (χ0v) is 24.2. The van der Waals surface area contributed by atoms with Crippen molar-refractivity contribution in [1.29, 1.82) is 0 Å². The van der Waals surface area contributed by atoms with E-state index in [1.807, 2.05) is 17.0 Å². The van der Waals surface area contributed by atoms with Crippen LogP contribution in [0.4, 0.5) is 27.8 Å². The molecule has 40 heavy (non-hydrogen) atoms. The molecule has 11 nitrogen and oxygen atoms in total. The normalized spacial score (nSPS) is 13.5. The van der Waals surface area contributed by atoms with Gasteiger partial charge in [0.2, 0.25) is 0 Å². The smallest absolute Gasteiger partial charge is 0.327 e. The second-order valence-corrected chi connectivity index (χ2v) is 9.77. The lowest BCUT2D eigenvalue weighted by Crippen LogP contribution is -2.47. The topological polar surface area (TPSA) is 112 Å². The number of hydrogen-bond donors (Lipinski definition) is 2. The standard InChI is InChI=1S/C27H31Cl2N7O4/c1-5-36(27(38)33-25-23(28)19(39-3)14-20(40-4)24(25)29)22-15-21(30-16-31-22)32-18-8-6-17(7-9-18)26(37)35-12-10-34(2)11-13-35/h6-9,14-16H,5,10-13H2,1-4H3,(H,33,38)(H,30,31,32). The molecule has 0 radical (unpaired) electrons. The van der Waals surface area contributed by atoms with Crippen LogP contribution < -0.4 is 25.0 Å². The van der Waals surface area contributed by atoms with Crippen LogP contribution in [0.15, 0.2) is 42.7 Å². The van der Waals surface area contributed by atoms with Crippen molar-refractivity contribution in [1.82, 2.24) is 19.8 Å². The van der Waals surface area contributed by atoms with Gasteiger partial charge in [-0.25, -0.2) is 14.8 Å². The van der Waals surface area contributed by atoms with Crippen LogP contribution >= 0.6 is 23.2 Å². The number of urea groups is 1. The Hall–Kier alpha value is -3.80. The summed E-state index contributed by atoms with van der Waals surface area (Å²) in [6.45, 7) is 5.25. The minimum atomic E-state index is -0.516. The number of benzene rings is 2. The van der Waals surface area contributed by atoms with Gasteiger partial charge in [-0.05, 0) is 38.2 Å². The quantitative estimate of drug-likeness (QED) is 0.379. The molecule has 0 bridgehead atoms. The number of nitrogens with zero attached hydrogens (tertiary/aromatic N) is 5. The highest BCUT2D eigenvalue weighted by atomic mass is 35.5. The summed E-state index contributed by atoms with van der Waals surface area (Å²) in [7, 11) is 4.95. The number of anilines is 4. The first-order chi connectivity index (χ1) is 19.2. The van der Waals surface area contributed by atoms with Gasteiger partial charge >= 0.3 is 6.03 Å². The largest absolute Gasteiger partial charge is 0.495 e. The van der Waals surface area contributed by atoms with Gasteiger partial charge in [-0.15, -0.1) is 0 Å². The molecule has 0 spiro atoms. The maximum Gasteiger partial charge on any atom is 0.327 e. The van der Waals surface area contributed by atoms with Gasteiger partial charge in [0.1, 0.15) is 39.5 Å². The van der Waals surface area contributed by atoms with E-state index in [1.54, 1.807) is 25.1 Å². The molecule has 212 valence electrons. The number of halogens is 2. The second-order valence-electron chi connectivity index (χ2n) is 9.02. The summed E-state index contributed by atoms with van der Waals surface area (Å²) in [5.41, 5.74) is 1.51.